The highest BCUT2D eigenvalue weighted by atomic mass is 32.1. The molecular weight excluding hydrogens is 286 g/mol. The second-order valence-electron chi connectivity index (χ2n) is 5.56. The molecule has 1 aromatic rings. The molecule has 0 aliphatic heterocycles. The van der Waals surface area contributed by atoms with E-state index in [1.54, 1.807) is 0 Å². The van der Waals surface area contributed by atoms with Crippen molar-refractivity contribution < 1.29 is 9.59 Å². The van der Waals surface area contributed by atoms with Crippen LogP contribution < -0.4 is 10.6 Å². The van der Waals surface area contributed by atoms with Gasteiger partial charge in [-0.1, -0.05) is 12.8 Å². The molecule has 21 heavy (non-hydrogen) atoms. The quantitative estimate of drug-likeness (QED) is 0.759. The number of nitrogens with one attached hydrogen (secondary N) is 2. The lowest BCUT2D eigenvalue weighted by Gasteiger charge is -2.23. The molecule has 0 atom stereocenters. The summed E-state index contributed by atoms with van der Waals surface area (Å²) in [6.07, 6.45) is 5.83. The van der Waals surface area contributed by atoms with Crippen molar-refractivity contribution in [1.29, 1.82) is 0 Å². The lowest BCUT2D eigenvalue weighted by Crippen LogP contribution is -2.37. The lowest BCUT2D eigenvalue weighted by atomic mass is 10.2. The van der Waals surface area contributed by atoms with Crippen molar-refractivity contribution in [2.24, 2.45) is 0 Å². The minimum absolute atomic E-state index is 0.0677. The van der Waals surface area contributed by atoms with Crippen LogP contribution in [0.25, 0.3) is 0 Å². The molecule has 6 heteroatoms. The molecule has 1 heterocycles. The first-order valence-corrected chi connectivity index (χ1v) is 8.22. The Kier molecular flexibility index (Phi) is 5.76. The number of rotatable bonds is 7. The van der Waals surface area contributed by atoms with E-state index in [2.05, 4.69) is 22.6 Å². The maximum absolute atomic E-state index is 12.1. The molecule has 0 unspecified atom stereocenters. The van der Waals surface area contributed by atoms with Crippen LogP contribution in [0.15, 0.2) is 6.07 Å². The number of aryl methyl sites for hydroxylation is 1. The largest absolute Gasteiger partial charge is 0.350 e. The van der Waals surface area contributed by atoms with Gasteiger partial charge >= 0.3 is 0 Å². The van der Waals surface area contributed by atoms with Gasteiger partial charge in [0.15, 0.2) is 0 Å². The second kappa shape index (κ2) is 7.56. The van der Waals surface area contributed by atoms with Crippen LogP contribution in [0.3, 0.4) is 0 Å². The fourth-order valence-electron chi connectivity index (χ4n) is 2.75. The zero-order valence-corrected chi connectivity index (χ0v) is 13.5. The van der Waals surface area contributed by atoms with Gasteiger partial charge in [-0.05, 0) is 38.4 Å². The van der Waals surface area contributed by atoms with Gasteiger partial charge in [0.2, 0.25) is 6.41 Å². The van der Waals surface area contributed by atoms with Crippen LogP contribution in [0.1, 0.15) is 40.9 Å². The number of anilines is 1. The maximum Gasteiger partial charge on any atom is 0.261 e. The Bertz CT molecular complexity index is 495. The minimum Gasteiger partial charge on any atom is -0.350 e. The molecule has 0 bridgehead atoms. The molecule has 1 aromatic heterocycles. The van der Waals surface area contributed by atoms with Crippen molar-refractivity contribution in [3.63, 3.8) is 0 Å². The molecule has 0 aromatic carbocycles. The number of thiophene rings is 1. The van der Waals surface area contributed by atoms with Gasteiger partial charge in [-0.2, -0.15) is 0 Å². The SMILES string of the molecule is Cc1cc(C(=O)NCCN(C)C2CCCC2)sc1NC=O. The van der Waals surface area contributed by atoms with Crippen molar-refractivity contribution in [3.05, 3.63) is 16.5 Å². The summed E-state index contributed by atoms with van der Waals surface area (Å²) in [6.45, 7) is 3.41. The zero-order valence-electron chi connectivity index (χ0n) is 12.6. The predicted molar refractivity (Wildman–Crippen MR) is 86.0 cm³/mol. The maximum atomic E-state index is 12.1. The number of nitrogens with zero attached hydrogens (tertiary/aromatic N) is 1. The average molecular weight is 309 g/mol. The van der Waals surface area contributed by atoms with Gasteiger partial charge < -0.3 is 15.5 Å². The van der Waals surface area contributed by atoms with Gasteiger partial charge in [0, 0.05) is 19.1 Å². The normalized spacial score (nSPS) is 15.4. The molecular formula is C15H23N3O2S. The van der Waals surface area contributed by atoms with E-state index in [0.29, 0.717) is 23.9 Å². The first-order chi connectivity index (χ1) is 10.1. The van der Waals surface area contributed by atoms with Crippen molar-refractivity contribution >= 4 is 28.7 Å². The number of likely N-dealkylation sites (N-methyl/N-ethyl adjacent to an activating group) is 1. The van der Waals surface area contributed by atoms with E-state index < -0.39 is 0 Å². The van der Waals surface area contributed by atoms with Crippen molar-refractivity contribution in [2.45, 2.75) is 38.6 Å². The minimum atomic E-state index is -0.0677. The molecule has 2 amide bonds. The summed E-state index contributed by atoms with van der Waals surface area (Å²) in [5, 5.41) is 6.30. The van der Waals surface area contributed by atoms with Gasteiger partial charge in [-0.3, -0.25) is 9.59 Å². The van der Waals surface area contributed by atoms with Gasteiger partial charge in [0.25, 0.3) is 5.91 Å². The Morgan fingerprint density at radius 1 is 1.48 bits per heavy atom. The first kappa shape index (κ1) is 16.0. The highest BCUT2D eigenvalue weighted by molar-refractivity contribution is 7.18. The van der Waals surface area contributed by atoms with E-state index >= 15 is 0 Å². The third-order valence-electron chi connectivity index (χ3n) is 4.03. The van der Waals surface area contributed by atoms with E-state index in [1.165, 1.54) is 37.0 Å². The van der Waals surface area contributed by atoms with Gasteiger partial charge in [-0.25, -0.2) is 0 Å². The van der Waals surface area contributed by atoms with Crippen LogP contribution in [0, 0.1) is 6.92 Å². The lowest BCUT2D eigenvalue weighted by molar-refractivity contribution is -0.105. The van der Waals surface area contributed by atoms with E-state index in [1.807, 2.05) is 13.0 Å². The van der Waals surface area contributed by atoms with E-state index in [9.17, 15) is 9.59 Å². The topological polar surface area (TPSA) is 61.4 Å². The zero-order chi connectivity index (χ0) is 15.2. The molecule has 5 nitrogen and oxygen atoms in total. The molecule has 1 saturated carbocycles. The van der Waals surface area contributed by atoms with Crippen molar-refractivity contribution in [3.8, 4) is 0 Å². The molecule has 0 saturated heterocycles. The second-order valence-corrected chi connectivity index (χ2v) is 6.61. The fourth-order valence-corrected chi connectivity index (χ4v) is 3.70. The molecule has 116 valence electrons. The molecule has 2 N–H and O–H groups in total. The molecule has 0 spiro atoms. The monoisotopic (exact) mass is 309 g/mol. The van der Waals surface area contributed by atoms with Crippen molar-refractivity contribution in [2.75, 3.05) is 25.5 Å². The standard InChI is InChI=1S/C15H23N3O2S/c1-11-9-13(21-15(11)17-10-19)14(20)16-7-8-18(2)12-5-3-4-6-12/h9-10,12H,3-8H2,1-2H3,(H,16,20)(H,17,19). The highest BCUT2D eigenvalue weighted by Gasteiger charge is 2.19. The van der Waals surface area contributed by atoms with Crippen LogP contribution in [0.4, 0.5) is 5.00 Å². The van der Waals surface area contributed by atoms with Crippen molar-refractivity contribution in [1.82, 2.24) is 10.2 Å². The Balaban J connectivity index is 1.78. The Morgan fingerprint density at radius 2 is 2.19 bits per heavy atom. The summed E-state index contributed by atoms with van der Waals surface area (Å²) in [7, 11) is 2.13. The van der Waals surface area contributed by atoms with E-state index in [0.717, 1.165) is 17.1 Å². The summed E-state index contributed by atoms with van der Waals surface area (Å²) in [5.74, 6) is -0.0677. The highest BCUT2D eigenvalue weighted by Crippen LogP contribution is 2.26. The molecule has 1 aliphatic carbocycles. The Hall–Kier alpha value is -1.40. The number of hydrogen-bond acceptors (Lipinski definition) is 4. The predicted octanol–water partition coefficient (Wildman–Crippen LogP) is 2.23. The summed E-state index contributed by atoms with van der Waals surface area (Å²) in [6, 6.07) is 2.49. The number of hydrogen-bond donors (Lipinski definition) is 2. The fraction of sp³-hybridized carbons (Fsp3) is 0.600. The van der Waals surface area contributed by atoms with Crippen LogP contribution in [0.2, 0.25) is 0 Å². The smallest absolute Gasteiger partial charge is 0.261 e. The van der Waals surface area contributed by atoms with Gasteiger partial charge in [0.05, 0.1) is 9.88 Å². The Labute approximate surface area is 129 Å². The van der Waals surface area contributed by atoms with Crippen LogP contribution in [0.5, 0.6) is 0 Å². The first-order valence-electron chi connectivity index (χ1n) is 7.41. The van der Waals surface area contributed by atoms with E-state index in [4.69, 9.17) is 0 Å². The van der Waals surface area contributed by atoms with Gasteiger partial charge in [0.1, 0.15) is 0 Å². The third kappa shape index (κ3) is 4.28. The van der Waals surface area contributed by atoms with E-state index in [-0.39, 0.29) is 5.91 Å². The summed E-state index contributed by atoms with van der Waals surface area (Å²) in [4.78, 5) is 25.5. The van der Waals surface area contributed by atoms with Crippen LogP contribution in [-0.4, -0.2) is 43.4 Å². The summed E-state index contributed by atoms with van der Waals surface area (Å²) in [5.41, 5.74) is 0.917. The van der Waals surface area contributed by atoms with Crippen LogP contribution >= 0.6 is 11.3 Å². The molecule has 2 rings (SSSR count). The summed E-state index contributed by atoms with van der Waals surface area (Å²) >= 11 is 1.31. The number of amides is 2. The molecule has 1 aliphatic rings. The van der Waals surface area contributed by atoms with Crippen LogP contribution in [-0.2, 0) is 4.79 Å². The Morgan fingerprint density at radius 3 is 2.86 bits per heavy atom. The third-order valence-corrected chi connectivity index (χ3v) is 5.20. The molecule has 1 fully saturated rings. The summed E-state index contributed by atoms with van der Waals surface area (Å²) < 4.78 is 0. The van der Waals surface area contributed by atoms with Gasteiger partial charge in [-0.15, -0.1) is 11.3 Å². The number of carbonyl (C=O) groups excluding carboxylic acids is 2. The number of carbonyl (C=O) groups is 2. The molecule has 0 radical (unpaired) electrons. The average Bonchev–Trinajstić information content (AvgIpc) is 3.09.